The van der Waals surface area contributed by atoms with Crippen LogP contribution >= 0.6 is 0 Å². The van der Waals surface area contributed by atoms with Crippen molar-refractivity contribution in [3.63, 3.8) is 0 Å². The van der Waals surface area contributed by atoms with Gasteiger partial charge >= 0.3 is 0 Å². The highest BCUT2D eigenvalue weighted by atomic mass is 16.1. The van der Waals surface area contributed by atoms with Gasteiger partial charge in [-0.2, -0.15) is 0 Å². The van der Waals surface area contributed by atoms with Crippen LogP contribution in [0.15, 0.2) is 29.3 Å². The molecule has 1 heterocycles. The fourth-order valence-corrected chi connectivity index (χ4v) is 4.12. The summed E-state index contributed by atoms with van der Waals surface area (Å²) in [5.41, 5.74) is 2.22. The number of guanidine groups is 1. The summed E-state index contributed by atoms with van der Waals surface area (Å²) in [5, 5.41) is 9.66. The molecule has 30 heavy (non-hydrogen) atoms. The molecule has 0 unspecified atom stereocenters. The Morgan fingerprint density at radius 2 is 1.90 bits per heavy atom. The molecule has 0 radical (unpaired) electrons. The SMILES string of the molecule is CCNC(=NCCCn1c(C)nc2ccccc21)NCCNC(=O)C1CCCCC1. The van der Waals surface area contributed by atoms with Crippen LogP contribution < -0.4 is 16.0 Å². The number of benzene rings is 1. The monoisotopic (exact) mass is 412 g/mol. The van der Waals surface area contributed by atoms with Gasteiger partial charge in [-0.05, 0) is 45.2 Å². The fraction of sp³-hybridized carbons (Fsp3) is 0.609. The van der Waals surface area contributed by atoms with E-state index in [1.54, 1.807) is 0 Å². The number of amides is 1. The van der Waals surface area contributed by atoms with Crippen LogP contribution in [-0.4, -0.2) is 47.6 Å². The summed E-state index contributed by atoms with van der Waals surface area (Å²) in [6.45, 7) is 7.85. The Balaban J connectivity index is 1.40. The number of fused-ring (bicyclic) bond motifs is 1. The lowest BCUT2D eigenvalue weighted by atomic mass is 9.89. The number of hydrogen-bond donors (Lipinski definition) is 3. The van der Waals surface area contributed by atoms with E-state index in [1.807, 2.05) is 6.07 Å². The van der Waals surface area contributed by atoms with Gasteiger partial charge in [0, 0.05) is 38.6 Å². The second-order valence-corrected chi connectivity index (χ2v) is 7.97. The number of rotatable bonds is 9. The van der Waals surface area contributed by atoms with Crippen molar-refractivity contribution in [2.24, 2.45) is 10.9 Å². The molecule has 1 aromatic carbocycles. The molecule has 1 aliphatic carbocycles. The minimum Gasteiger partial charge on any atom is -0.357 e. The first-order valence-corrected chi connectivity index (χ1v) is 11.4. The molecular weight excluding hydrogens is 376 g/mol. The van der Waals surface area contributed by atoms with Crippen LogP contribution in [0.3, 0.4) is 0 Å². The lowest BCUT2D eigenvalue weighted by Crippen LogP contribution is -2.42. The van der Waals surface area contributed by atoms with Crippen LogP contribution in [-0.2, 0) is 11.3 Å². The normalized spacial score (nSPS) is 15.3. The summed E-state index contributed by atoms with van der Waals surface area (Å²) in [4.78, 5) is 21.5. The second kappa shape index (κ2) is 11.6. The van der Waals surface area contributed by atoms with E-state index in [-0.39, 0.29) is 11.8 Å². The first-order chi connectivity index (χ1) is 14.7. The van der Waals surface area contributed by atoms with Crippen molar-refractivity contribution in [3.8, 4) is 0 Å². The quantitative estimate of drug-likeness (QED) is 0.336. The highest BCUT2D eigenvalue weighted by Gasteiger charge is 2.20. The van der Waals surface area contributed by atoms with E-state index in [0.717, 1.165) is 56.2 Å². The van der Waals surface area contributed by atoms with Crippen molar-refractivity contribution in [1.29, 1.82) is 0 Å². The van der Waals surface area contributed by atoms with Crippen molar-refractivity contribution in [2.75, 3.05) is 26.2 Å². The van der Waals surface area contributed by atoms with Gasteiger partial charge in [-0.15, -0.1) is 0 Å². The second-order valence-electron chi connectivity index (χ2n) is 7.97. The highest BCUT2D eigenvalue weighted by molar-refractivity contribution is 5.80. The largest absolute Gasteiger partial charge is 0.357 e. The zero-order chi connectivity index (χ0) is 21.2. The van der Waals surface area contributed by atoms with E-state index < -0.39 is 0 Å². The van der Waals surface area contributed by atoms with Crippen molar-refractivity contribution < 1.29 is 4.79 Å². The minimum atomic E-state index is 0.210. The van der Waals surface area contributed by atoms with E-state index in [2.05, 4.69) is 62.5 Å². The topological polar surface area (TPSA) is 83.3 Å². The standard InChI is InChI=1S/C23H36N6O/c1-3-24-23(27-16-15-25-22(30)19-10-5-4-6-11-19)26-14-9-17-29-18(2)28-20-12-7-8-13-21(20)29/h7-8,12-13,19H,3-6,9-11,14-17H2,1-2H3,(H,25,30)(H2,24,26,27). The summed E-state index contributed by atoms with van der Waals surface area (Å²) in [6, 6.07) is 8.25. The van der Waals surface area contributed by atoms with E-state index in [0.29, 0.717) is 13.1 Å². The number of nitrogens with zero attached hydrogens (tertiary/aromatic N) is 3. The number of aryl methyl sites for hydroxylation is 2. The lowest BCUT2D eigenvalue weighted by Gasteiger charge is -2.21. The van der Waals surface area contributed by atoms with Gasteiger partial charge in [-0.3, -0.25) is 9.79 Å². The Morgan fingerprint density at radius 3 is 2.70 bits per heavy atom. The summed E-state index contributed by atoms with van der Waals surface area (Å²) in [7, 11) is 0. The number of para-hydroxylation sites is 2. The molecule has 0 spiro atoms. The molecule has 164 valence electrons. The molecule has 7 nitrogen and oxygen atoms in total. The third-order valence-corrected chi connectivity index (χ3v) is 5.69. The molecule has 2 aromatic rings. The summed E-state index contributed by atoms with van der Waals surface area (Å²) in [5.74, 6) is 2.26. The molecule has 1 aromatic heterocycles. The van der Waals surface area contributed by atoms with Crippen molar-refractivity contribution in [1.82, 2.24) is 25.5 Å². The van der Waals surface area contributed by atoms with Gasteiger partial charge in [0.2, 0.25) is 5.91 Å². The average Bonchev–Trinajstić information content (AvgIpc) is 3.09. The summed E-state index contributed by atoms with van der Waals surface area (Å²) < 4.78 is 2.26. The Kier molecular flexibility index (Phi) is 8.53. The van der Waals surface area contributed by atoms with Gasteiger partial charge in [0.25, 0.3) is 0 Å². The number of carbonyl (C=O) groups is 1. The number of aromatic nitrogens is 2. The minimum absolute atomic E-state index is 0.210. The van der Waals surface area contributed by atoms with E-state index in [4.69, 9.17) is 0 Å². The molecule has 0 aliphatic heterocycles. The van der Waals surface area contributed by atoms with Crippen molar-refractivity contribution >= 4 is 22.9 Å². The zero-order valence-corrected chi connectivity index (χ0v) is 18.4. The Hall–Kier alpha value is -2.57. The first-order valence-electron chi connectivity index (χ1n) is 11.4. The predicted molar refractivity (Wildman–Crippen MR) is 123 cm³/mol. The van der Waals surface area contributed by atoms with Gasteiger partial charge in [-0.25, -0.2) is 4.98 Å². The van der Waals surface area contributed by atoms with E-state index in [1.165, 1.54) is 24.8 Å². The maximum absolute atomic E-state index is 12.2. The van der Waals surface area contributed by atoms with Crippen LogP contribution in [0.1, 0.15) is 51.3 Å². The van der Waals surface area contributed by atoms with Crippen LogP contribution in [0.25, 0.3) is 11.0 Å². The smallest absolute Gasteiger partial charge is 0.223 e. The molecule has 7 heteroatoms. The molecule has 1 amide bonds. The van der Waals surface area contributed by atoms with Gasteiger partial charge in [0.15, 0.2) is 5.96 Å². The molecule has 1 fully saturated rings. The van der Waals surface area contributed by atoms with E-state index >= 15 is 0 Å². The number of nitrogens with one attached hydrogen (secondary N) is 3. The molecule has 0 bridgehead atoms. The van der Waals surface area contributed by atoms with Crippen molar-refractivity contribution in [3.05, 3.63) is 30.1 Å². The number of imidazole rings is 1. The molecular formula is C23H36N6O. The maximum Gasteiger partial charge on any atom is 0.223 e. The van der Waals surface area contributed by atoms with Gasteiger partial charge in [-0.1, -0.05) is 31.4 Å². The maximum atomic E-state index is 12.2. The molecule has 1 saturated carbocycles. The Bertz CT molecular complexity index is 837. The van der Waals surface area contributed by atoms with Crippen LogP contribution in [0, 0.1) is 12.8 Å². The van der Waals surface area contributed by atoms with Gasteiger partial charge in [0.1, 0.15) is 5.82 Å². The summed E-state index contributed by atoms with van der Waals surface area (Å²) in [6.07, 6.45) is 6.65. The summed E-state index contributed by atoms with van der Waals surface area (Å²) >= 11 is 0. The lowest BCUT2D eigenvalue weighted by molar-refractivity contribution is -0.125. The predicted octanol–water partition coefficient (Wildman–Crippen LogP) is 2.99. The Labute approximate surface area is 179 Å². The molecule has 3 N–H and O–H groups in total. The van der Waals surface area contributed by atoms with Crippen LogP contribution in [0.4, 0.5) is 0 Å². The van der Waals surface area contributed by atoms with Crippen LogP contribution in [0.2, 0.25) is 0 Å². The molecule has 0 atom stereocenters. The zero-order valence-electron chi connectivity index (χ0n) is 18.4. The fourth-order valence-electron chi connectivity index (χ4n) is 4.12. The average molecular weight is 413 g/mol. The third kappa shape index (κ3) is 6.21. The van der Waals surface area contributed by atoms with Crippen molar-refractivity contribution in [2.45, 2.75) is 58.9 Å². The van der Waals surface area contributed by atoms with E-state index in [9.17, 15) is 4.79 Å². The number of carbonyl (C=O) groups excluding carboxylic acids is 1. The van der Waals surface area contributed by atoms with Gasteiger partial charge in [0.05, 0.1) is 11.0 Å². The highest BCUT2D eigenvalue weighted by Crippen LogP contribution is 2.23. The molecule has 0 saturated heterocycles. The van der Waals surface area contributed by atoms with Gasteiger partial charge < -0.3 is 20.5 Å². The number of hydrogen-bond acceptors (Lipinski definition) is 3. The van der Waals surface area contributed by atoms with Crippen LogP contribution in [0.5, 0.6) is 0 Å². The molecule has 3 rings (SSSR count). The first kappa shape index (κ1) is 22.1. The third-order valence-electron chi connectivity index (χ3n) is 5.69. The number of aliphatic imine (C=N–C) groups is 1. The Morgan fingerprint density at radius 1 is 1.13 bits per heavy atom. The molecule has 1 aliphatic rings.